The summed E-state index contributed by atoms with van der Waals surface area (Å²) in [5.74, 6) is 0. The molecule has 0 amide bonds. The minimum atomic E-state index is 0.0191. The van der Waals surface area contributed by atoms with Gasteiger partial charge < -0.3 is 5.73 Å². The molecule has 1 nitrogen and oxygen atoms in total. The monoisotopic (exact) mass is 255 g/mol. The highest BCUT2D eigenvalue weighted by molar-refractivity contribution is 7.10. The highest BCUT2D eigenvalue weighted by Gasteiger charge is 2.16. The van der Waals surface area contributed by atoms with Crippen LogP contribution in [0.3, 0.4) is 0 Å². The lowest BCUT2D eigenvalue weighted by Crippen LogP contribution is -2.13. The largest absolute Gasteiger partial charge is 0.320 e. The van der Waals surface area contributed by atoms with Gasteiger partial charge in [-0.3, -0.25) is 0 Å². The summed E-state index contributed by atoms with van der Waals surface area (Å²) in [6.45, 7) is 0. The van der Waals surface area contributed by atoms with E-state index in [-0.39, 0.29) is 6.04 Å². The van der Waals surface area contributed by atoms with E-state index in [0.29, 0.717) is 0 Å². The molecule has 3 heteroatoms. The number of allylic oxidation sites excluding steroid dienone is 1. The minimum Gasteiger partial charge on any atom is -0.320 e. The molecule has 16 heavy (non-hydrogen) atoms. The summed E-state index contributed by atoms with van der Waals surface area (Å²) in [6, 6.07) is 1.95. The number of thiophene rings is 1. The number of hydrogen-bond donors (Lipinski definition) is 1. The van der Waals surface area contributed by atoms with Gasteiger partial charge in [-0.1, -0.05) is 36.1 Å². The minimum absolute atomic E-state index is 0.0191. The maximum Gasteiger partial charge on any atom is 0.0620 e. The van der Waals surface area contributed by atoms with Crippen molar-refractivity contribution in [2.75, 3.05) is 0 Å². The van der Waals surface area contributed by atoms with Crippen LogP contribution >= 0.6 is 22.9 Å². The van der Waals surface area contributed by atoms with E-state index in [4.69, 9.17) is 17.3 Å². The van der Waals surface area contributed by atoms with Crippen LogP contribution in [0, 0.1) is 0 Å². The lowest BCUT2D eigenvalue weighted by atomic mass is 9.95. The van der Waals surface area contributed by atoms with E-state index >= 15 is 0 Å². The van der Waals surface area contributed by atoms with Gasteiger partial charge in [0.1, 0.15) is 0 Å². The third-order valence-corrected chi connectivity index (χ3v) is 4.59. The summed E-state index contributed by atoms with van der Waals surface area (Å²) < 4.78 is 0. The smallest absolute Gasteiger partial charge is 0.0620 e. The molecule has 1 aromatic rings. The molecule has 0 fully saturated rings. The second-order valence-corrected chi connectivity index (χ2v) is 5.70. The highest BCUT2D eigenvalue weighted by atomic mass is 35.5. The van der Waals surface area contributed by atoms with E-state index in [1.54, 1.807) is 11.3 Å². The second-order valence-electron chi connectivity index (χ2n) is 4.34. The third-order valence-electron chi connectivity index (χ3n) is 3.15. The summed E-state index contributed by atoms with van der Waals surface area (Å²) >= 11 is 7.80. The Balaban J connectivity index is 2.13. The summed E-state index contributed by atoms with van der Waals surface area (Å²) in [5.41, 5.74) is 7.67. The zero-order valence-corrected chi connectivity index (χ0v) is 11.0. The molecule has 1 aliphatic rings. The van der Waals surface area contributed by atoms with Crippen molar-refractivity contribution in [3.05, 3.63) is 33.0 Å². The van der Waals surface area contributed by atoms with Crippen LogP contribution in [0.2, 0.25) is 5.02 Å². The van der Waals surface area contributed by atoms with Crippen LogP contribution in [-0.2, 0) is 0 Å². The molecule has 0 saturated heterocycles. The van der Waals surface area contributed by atoms with Gasteiger partial charge in [0.05, 0.1) is 11.1 Å². The molecule has 1 unspecified atom stereocenters. The summed E-state index contributed by atoms with van der Waals surface area (Å²) in [4.78, 5) is 1.12. The molecule has 88 valence electrons. The number of hydrogen-bond acceptors (Lipinski definition) is 2. The first kappa shape index (κ1) is 12.2. The summed E-state index contributed by atoms with van der Waals surface area (Å²) in [6.07, 6.45) is 9.90. The van der Waals surface area contributed by atoms with E-state index in [0.717, 1.165) is 16.3 Å². The molecule has 0 spiro atoms. The third kappa shape index (κ3) is 2.88. The maximum atomic E-state index is 6.29. The Morgan fingerprint density at radius 1 is 1.25 bits per heavy atom. The molecule has 1 heterocycles. The molecular formula is C13H18ClNS. The van der Waals surface area contributed by atoms with Crippen LogP contribution in [0.4, 0.5) is 0 Å². The first-order chi connectivity index (χ1) is 7.79. The lowest BCUT2D eigenvalue weighted by molar-refractivity contribution is 0.604. The van der Waals surface area contributed by atoms with Crippen molar-refractivity contribution in [1.82, 2.24) is 0 Å². The summed E-state index contributed by atoms with van der Waals surface area (Å²) in [7, 11) is 0. The molecule has 1 aromatic heterocycles. The van der Waals surface area contributed by atoms with Crippen molar-refractivity contribution in [1.29, 1.82) is 0 Å². The fourth-order valence-corrected chi connectivity index (χ4v) is 3.41. The van der Waals surface area contributed by atoms with Gasteiger partial charge in [0.25, 0.3) is 0 Å². The second kappa shape index (κ2) is 5.85. The standard InChI is InChI=1S/C13H18ClNS/c14-11-8-9-16-13(11)12(15)10-6-4-2-1-3-5-7-10/h6,8-9,12H,1-5,7,15H2/b10-6+. The van der Waals surface area contributed by atoms with Gasteiger partial charge in [-0.15, -0.1) is 11.3 Å². The van der Waals surface area contributed by atoms with Gasteiger partial charge in [0.2, 0.25) is 0 Å². The average Bonchev–Trinajstić information content (AvgIpc) is 2.63. The Kier molecular flexibility index (Phi) is 4.45. The van der Waals surface area contributed by atoms with E-state index in [2.05, 4.69) is 6.08 Å². The molecule has 0 bridgehead atoms. The van der Waals surface area contributed by atoms with Gasteiger partial charge in [-0.25, -0.2) is 0 Å². The Labute approximate surface area is 106 Å². The molecule has 0 aliphatic heterocycles. The first-order valence-corrected chi connectivity index (χ1v) is 7.22. The predicted molar refractivity (Wildman–Crippen MR) is 72.0 cm³/mol. The van der Waals surface area contributed by atoms with Crippen molar-refractivity contribution in [3.63, 3.8) is 0 Å². The Morgan fingerprint density at radius 3 is 2.81 bits per heavy atom. The van der Waals surface area contributed by atoms with Crippen molar-refractivity contribution in [2.45, 2.75) is 44.6 Å². The normalized spacial score (nSPS) is 23.0. The fourth-order valence-electron chi connectivity index (χ4n) is 2.19. The van der Waals surface area contributed by atoms with Crippen molar-refractivity contribution in [3.8, 4) is 0 Å². The molecule has 2 rings (SSSR count). The van der Waals surface area contributed by atoms with Crippen molar-refractivity contribution in [2.24, 2.45) is 5.73 Å². The number of nitrogens with two attached hydrogens (primary N) is 1. The number of rotatable bonds is 2. The molecule has 0 aromatic carbocycles. The van der Waals surface area contributed by atoms with Gasteiger partial charge in [-0.2, -0.15) is 0 Å². The van der Waals surface area contributed by atoms with Gasteiger partial charge in [0.15, 0.2) is 0 Å². The first-order valence-electron chi connectivity index (χ1n) is 5.96. The zero-order valence-electron chi connectivity index (χ0n) is 9.42. The fraction of sp³-hybridized carbons (Fsp3) is 0.538. The van der Waals surface area contributed by atoms with Crippen LogP contribution < -0.4 is 5.73 Å². The SMILES string of the molecule is NC(/C1=C/CCCCCC1)c1sccc1Cl. The van der Waals surface area contributed by atoms with Crippen LogP contribution in [0.15, 0.2) is 23.1 Å². The van der Waals surface area contributed by atoms with E-state index in [1.165, 1.54) is 37.7 Å². The highest BCUT2D eigenvalue weighted by Crippen LogP contribution is 2.34. The molecule has 1 aliphatic carbocycles. The Bertz CT molecular complexity index is 370. The van der Waals surface area contributed by atoms with Gasteiger partial charge in [0, 0.05) is 4.88 Å². The molecular weight excluding hydrogens is 238 g/mol. The quantitative estimate of drug-likeness (QED) is 0.763. The molecule has 0 radical (unpaired) electrons. The van der Waals surface area contributed by atoms with Gasteiger partial charge in [-0.05, 0) is 37.1 Å². The Hall–Kier alpha value is -0.310. The Morgan fingerprint density at radius 2 is 2.06 bits per heavy atom. The van der Waals surface area contributed by atoms with Crippen molar-refractivity contribution >= 4 is 22.9 Å². The van der Waals surface area contributed by atoms with Crippen LogP contribution in [0.25, 0.3) is 0 Å². The molecule has 0 saturated carbocycles. The molecule has 1 atom stereocenters. The zero-order chi connectivity index (χ0) is 11.4. The maximum absolute atomic E-state index is 6.29. The van der Waals surface area contributed by atoms with Crippen LogP contribution in [0.1, 0.15) is 49.4 Å². The summed E-state index contributed by atoms with van der Waals surface area (Å²) in [5, 5.41) is 2.83. The van der Waals surface area contributed by atoms with Crippen LogP contribution in [-0.4, -0.2) is 0 Å². The van der Waals surface area contributed by atoms with E-state index in [1.807, 2.05) is 11.4 Å². The lowest BCUT2D eigenvalue weighted by Gasteiger charge is -2.17. The number of halogens is 1. The predicted octanol–water partition coefficient (Wildman–Crippen LogP) is 4.68. The van der Waals surface area contributed by atoms with Crippen LogP contribution in [0.5, 0.6) is 0 Å². The average molecular weight is 256 g/mol. The molecule has 2 N–H and O–H groups in total. The van der Waals surface area contributed by atoms with Crippen molar-refractivity contribution < 1.29 is 0 Å². The van der Waals surface area contributed by atoms with E-state index < -0.39 is 0 Å². The van der Waals surface area contributed by atoms with Gasteiger partial charge >= 0.3 is 0 Å². The van der Waals surface area contributed by atoms with E-state index in [9.17, 15) is 0 Å². The topological polar surface area (TPSA) is 26.0 Å².